The molecule has 88 valence electrons. The van der Waals surface area contributed by atoms with E-state index in [2.05, 4.69) is 4.72 Å². The molecule has 1 unspecified atom stereocenters. The number of rotatable bonds is 4. The largest absolute Gasteiger partial charge is 0.250 e. The van der Waals surface area contributed by atoms with Crippen molar-refractivity contribution in [2.45, 2.75) is 30.5 Å². The second-order valence-electron chi connectivity index (χ2n) is 3.41. The van der Waals surface area contributed by atoms with Crippen LogP contribution in [0, 0.1) is 18.3 Å². The van der Waals surface area contributed by atoms with Crippen LogP contribution in [0.25, 0.3) is 0 Å². The van der Waals surface area contributed by atoms with Crippen molar-refractivity contribution in [3.05, 3.63) is 16.0 Å². The number of sulfonamides is 1. The maximum Gasteiger partial charge on any atom is 0.250 e. The Morgan fingerprint density at radius 1 is 1.69 bits per heavy atom. The zero-order chi connectivity index (χ0) is 12.3. The molecular formula is C9H11ClN2O2S2. The Bertz CT molecular complexity index is 497. The van der Waals surface area contributed by atoms with Gasteiger partial charge in [-0.25, -0.2) is 13.1 Å². The lowest BCUT2D eigenvalue weighted by atomic mass is 10.3. The summed E-state index contributed by atoms with van der Waals surface area (Å²) in [5.74, 6) is 0. The van der Waals surface area contributed by atoms with E-state index in [1.807, 2.05) is 6.07 Å². The van der Waals surface area contributed by atoms with Crippen LogP contribution in [0.2, 0.25) is 4.34 Å². The molecule has 7 heteroatoms. The standard InChI is InChI=1S/C9H11ClN2O2S2/c1-6-5-8(15-9(6)10)16(13,14)12-7(2)3-4-11/h5,7,12H,3H2,1-2H3. The molecule has 0 amide bonds. The first-order valence-electron chi connectivity index (χ1n) is 4.52. The minimum absolute atomic E-state index is 0.136. The van der Waals surface area contributed by atoms with Gasteiger partial charge in [-0.3, -0.25) is 0 Å². The van der Waals surface area contributed by atoms with Gasteiger partial charge in [-0.05, 0) is 25.5 Å². The van der Waals surface area contributed by atoms with Crippen LogP contribution in [0.4, 0.5) is 0 Å². The lowest BCUT2D eigenvalue weighted by Gasteiger charge is -2.08. The van der Waals surface area contributed by atoms with Gasteiger partial charge in [0.05, 0.1) is 16.8 Å². The van der Waals surface area contributed by atoms with Crippen LogP contribution >= 0.6 is 22.9 Å². The SMILES string of the molecule is Cc1cc(S(=O)(=O)NC(C)CC#N)sc1Cl. The molecule has 1 aromatic rings. The van der Waals surface area contributed by atoms with Gasteiger partial charge in [-0.1, -0.05) is 11.6 Å². The number of nitrogens with zero attached hydrogens (tertiary/aromatic N) is 1. The Morgan fingerprint density at radius 3 is 2.75 bits per heavy atom. The van der Waals surface area contributed by atoms with E-state index in [0.29, 0.717) is 4.34 Å². The molecule has 1 N–H and O–H groups in total. The van der Waals surface area contributed by atoms with Crippen LogP contribution in [0.3, 0.4) is 0 Å². The van der Waals surface area contributed by atoms with Crippen molar-refractivity contribution in [1.82, 2.24) is 4.72 Å². The zero-order valence-corrected chi connectivity index (χ0v) is 11.2. The Hall–Kier alpha value is -0.610. The number of hydrogen-bond donors (Lipinski definition) is 1. The molecule has 1 atom stereocenters. The smallest absolute Gasteiger partial charge is 0.207 e. The topological polar surface area (TPSA) is 70.0 Å². The predicted octanol–water partition coefficient (Wildman–Crippen LogP) is 2.29. The molecule has 0 aliphatic heterocycles. The minimum atomic E-state index is -3.55. The fraction of sp³-hybridized carbons (Fsp3) is 0.444. The Labute approximate surface area is 104 Å². The van der Waals surface area contributed by atoms with E-state index >= 15 is 0 Å². The number of thiophene rings is 1. The van der Waals surface area contributed by atoms with Crippen LogP contribution in [0.15, 0.2) is 10.3 Å². The summed E-state index contributed by atoms with van der Waals surface area (Å²) in [7, 11) is -3.55. The zero-order valence-electron chi connectivity index (χ0n) is 8.82. The average molecular weight is 279 g/mol. The molecule has 0 saturated carbocycles. The van der Waals surface area contributed by atoms with E-state index < -0.39 is 16.1 Å². The first kappa shape index (κ1) is 13.5. The third kappa shape index (κ3) is 3.19. The van der Waals surface area contributed by atoms with Crippen LogP contribution in [-0.2, 0) is 10.0 Å². The van der Waals surface area contributed by atoms with Gasteiger partial charge in [-0.15, -0.1) is 11.3 Å². The molecule has 1 aromatic heterocycles. The molecule has 16 heavy (non-hydrogen) atoms. The van der Waals surface area contributed by atoms with Gasteiger partial charge < -0.3 is 0 Å². The quantitative estimate of drug-likeness (QED) is 0.919. The number of nitrogens with one attached hydrogen (secondary N) is 1. The third-order valence-corrected chi connectivity index (χ3v) is 5.47. The third-order valence-electron chi connectivity index (χ3n) is 1.85. The highest BCUT2D eigenvalue weighted by atomic mass is 35.5. The molecular weight excluding hydrogens is 268 g/mol. The van der Waals surface area contributed by atoms with Crippen LogP contribution in [0.1, 0.15) is 18.9 Å². The highest BCUT2D eigenvalue weighted by Gasteiger charge is 2.20. The minimum Gasteiger partial charge on any atom is -0.207 e. The summed E-state index contributed by atoms with van der Waals surface area (Å²) in [5, 5.41) is 8.45. The number of hydrogen-bond acceptors (Lipinski definition) is 4. The van der Waals surface area contributed by atoms with Crippen molar-refractivity contribution in [1.29, 1.82) is 5.26 Å². The summed E-state index contributed by atoms with van der Waals surface area (Å²) in [6.07, 6.45) is 0.136. The summed E-state index contributed by atoms with van der Waals surface area (Å²) >= 11 is 6.82. The van der Waals surface area contributed by atoms with E-state index in [1.54, 1.807) is 13.8 Å². The fourth-order valence-electron chi connectivity index (χ4n) is 1.07. The van der Waals surface area contributed by atoms with Crippen molar-refractivity contribution in [3.8, 4) is 6.07 Å². The first-order valence-corrected chi connectivity index (χ1v) is 7.20. The number of nitriles is 1. The molecule has 0 radical (unpaired) electrons. The lowest BCUT2D eigenvalue weighted by Crippen LogP contribution is -2.31. The first-order chi connectivity index (χ1) is 7.36. The van der Waals surface area contributed by atoms with Crippen molar-refractivity contribution >= 4 is 33.0 Å². The van der Waals surface area contributed by atoms with Crippen molar-refractivity contribution in [2.24, 2.45) is 0 Å². The Kier molecular flexibility index (Phi) is 4.33. The molecule has 0 aliphatic rings. The normalized spacial score (nSPS) is 13.4. The maximum absolute atomic E-state index is 11.8. The molecule has 0 aliphatic carbocycles. The van der Waals surface area contributed by atoms with E-state index in [9.17, 15) is 8.42 Å². The molecule has 1 heterocycles. The Morgan fingerprint density at radius 2 is 2.31 bits per heavy atom. The van der Waals surface area contributed by atoms with Gasteiger partial charge in [-0.2, -0.15) is 5.26 Å². The summed E-state index contributed by atoms with van der Waals surface area (Å²) in [6.45, 7) is 3.39. The molecule has 0 aromatic carbocycles. The lowest BCUT2D eigenvalue weighted by molar-refractivity contribution is 0.565. The molecule has 0 spiro atoms. The highest BCUT2D eigenvalue weighted by Crippen LogP contribution is 2.30. The van der Waals surface area contributed by atoms with Gasteiger partial charge in [0.25, 0.3) is 0 Å². The highest BCUT2D eigenvalue weighted by molar-refractivity contribution is 7.91. The fourth-order valence-corrected chi connectivity index (χ4v) is 4.03. The molecule has 0 bridgehead atoms. The van der Waals surface area contributed by atoms with Crippen molar-refractivity contribution in [2.75, 3.05) is 0 Å². The van der Waals surface area contributed by atoms with Gasteiger partial charge >= 0.3 is 0 Å². The summed E-state index contributed by atoms with van der Waals surface area (Å²) in [6, 6.07) is 3.02. The van der Waals surface area contributed by atoms with Crippen LogP contribution < -0.4 is 4.72 Å². The van der Waals surface area contributed by atoms with Gasteiger partial charge in [0.1, 0.15) is 4.21 Å². The van der Waals surface area contributed by atoms with E-state index in [1.165, 1.54) is 6.07 Å². The monoisotopic (exact) mass is 278 g/mol. The molecule has 0 fully saturated rings. The van der Waals surface area contributed by atoms with E-state index in [4.69, 9.17) is 16.9 Å². The van der Waals surface area contributed by atoms with Crippen LogP contribution in [0.5, 0.6) is 0 Å². The summed E-state index contributed by atoms with van der Waals surface area (Å²) < 4.78 is 26.7. The van der Waals surface area contributed by atoms with E-state index in [0.717, 1.165) is 16.9 Å². The molecule has 4 nitrogen and oxygen atoms in total. The molecule has 1 rings (SSSR count). The second-order valence-corrected chi connectivity index (χ2v) is 7.00. The Balaban J connectivity index is 2.91. The van der Waals surface area contributed by atoms with Gasteiger partial charge in [0, 0.05) is 6.04 Å². The molecule has 0 saturated heterocycles. The van der Waals surface area contributed by atoms with Gasteiger partial charge in [0.15, 0.2) is 0 Å². The van der Waals surface area contributed by atoms with Gasteiger partial charge in [0.2, 0.25) is 10.0 Å². The average Bonchev–Trinajstić information content (AvgIpc) is 2.47. The number of halogens is 1. The van der Waals surface area contributed by atoms with E-state index in [-0.39, 0.29) is 10.6 Å². The summed E-state index contributed by atoms with van der Waals surface area (Å²) in [5.41, 5.74) is 0.736. The van der Waals surface area contributed by atoms with Crippen LogP contribution in [-0.4, -0.2) is 14.5 Å². The van der Waals surface area contributed by atoms with Crippen molar-refractivity contribution < 1.29 is 8.42 Å². The number of aryl methyl sites for hydroxylation is 1. The summed E-state index contributed by atoms with van der Waals surface area (Å²) in [4.78, 5) is 0. The van der Waals surface area contributed by atoms with Crippen molar-refractivity contribution in [3.63, 3.8) is 0 Å². The predicted molar refractivity (Wildman–Crippen MR) is 64.1 cm³/mol. The second kappa shape index (κ2) is 5.15. The maximum atomic E-state index is 11.8.